The van der Waals surface area contributed by atoms with Crippen molar-refractivity contribution in [3.8, 4) is 0 Å². The lowest BCUT2D eigenvalue weighted by molar-refractivity contribution is 0.412. The van der Waals surface area contributed by atoms with Gasteiger partial charge in [-0.1, -0.05) is 20.3 Å². The Kier molecular flexibility index (Phi) is 3.74. The molecule has 1 fully saturated rings. The first-order valence-electron chi connectivity index (χ1n) is 5.04. The van der Waals surface area contributed by atoms with Crippen molar-refractivity contribution in [3.63, 3.8) is 0 Å². The molecule has 78 valence electrons. The molecule has 13 heavy (non-hydrogen) atoms. The number of sulfone groups is 1. The van der Waals surface area contributed by atoms with Gasteiger partial charge in [0.05, 0.1) is 11.5 Å². The van der Waals surface area contributed by atoms with Gasteiger partial charge in [0.1, 0.15) is 0 Å². The van der Waals surface area contributed by atoms with Crippen molar-refractivity contribution < 1.29 is 8.42 Å². The maximum Gasteiger partial charge on any atom is 0.153 e. The zero-order chi connectivity index (χ0) is 9.90. The van der Waals surface area contributed by atoms with Gasteiger partial charge in [0.2, 0.25) is 0 Å². The van der Waals surface area contributed by atoms with Crippen LogP contribution in [0.5, 0.6) is 0 Å². The maximum absolute atomic E-state index is 11.5. The van der Waals surface area contributed by atoms with Crippen molar-refractivity contribution in [1.82, 2.24) is 5.32 Å². The molecular weight excluding hydrogens is 186 g/mol. The average Bonchev–Trinajstić information content (AvgIpc) is 2.02. The van der Waals surface area contributed by atoms with Gasteiger partial charge in [-0.3, -0.25) is 0 Å². The summed E-state index contributed by atoms with van der Waals surface area (Å²) in [7, 11) is -2.78. The molecule has 0 aromatic rings. The molecule has 3 nitrogen and oxygen atoms in total. The average molecular weight is 205 g/mol. The first-order valence-corrected chi connectivity index (χ1v) is 6.86. The van der Waals surface area contributed by atoms with E-state index in [4.69, 9.17) is 0 Å². The van der Waals surface area contributed by atoms with Gasteiger partial charge in [-0.05, 0) is 12.8 Å². The highest BCUT2D eigenvalue weighted by Gasteiger charge is 2.29. The largest absolute Gasteiger partial charge is 0.309 e. The number of hydrogen-bond acceptors (Lipinski definition) is 3. The summed E-state index contributed by atoms with van der Waals surface area (Å²) in [6.45, 7) is 4.12. The van der Waals surface area contributed by atoms with Gasteiger partial charge in [-0.2, -0.15) is 0 Å². The highest BCUT2D eigenvalue weighted by Crippen LogP contribution is 2.12. The molecule has 1 N–H and O–H groups in total. The molecular formula is C9H19NO2S. The minimum Gasteiger partial charge on any atom is -0.309 e. The fourth-order valence-electron chi connectivity index (χ4n) is 1.86. The molecule has 0 spiro atoms. The van der Waals surface area contributed by atoms with Crippen LogP contribution in [0.4, 0.5) is 0 Å². The van der Waals surface area contributed by atoms with Gasteiger partial charge in [0.25, 0.3) is 0 Å². The van der Waals surface area contributed by atoms with Crippen LogP contribution in [0.2, 0.25) is 0 Å². The quantitative estimate of drug-likeness (QED) is 0.746. The third-order valence-electron chi connectivity index (χ3n) is 2.51. The normalized spacial score (nSPS) is 33.1. The molecule has 1 aliphatic rings. The van der Waals surface area contributed by atoms with Gasteiger partial charge in [-0.25, -0.2) is 8.42 Å². The third kappa shape index (κ3) is 3.27. The Bertz CT molecular complexity index is 248. The topological polar surface area (TPSA) is 46.2 Å². The number of nitrogens with one attached hydrogen (secondary N) is 1. The highest BCUT2D eigenvalue weighted by molar-refractivity contribution is 7.91. The van der Waals surface area contributed by atoms with E-state index in [1.807, 2.05) is 6.92 Å². The van der Waals surface area contributed by atoms with Crippen molar-refractivity contribution in [1.29, 1.82) is 0 Å². The standard InChI is InChI=1S/C9H19NO2S/c1-3-5-9-7-13(11,12)6-8(4-2)10-9/h8-10H,3-7H2,1-2H3. The summed E-state index contributed by atoms with van der Waals surface area (Å²) >= 11 is 0. The summed E-state index contributed by atoms with van der Waals surface area (Å²) in [5.41, 5.74) is 0. The Balaban J connectivity index is 2.60. The second-order valence-corrected chi connectivity index (χ2v) is 5.99. The van der Waals surface area contributed by atoms with Gasteiger partial charge >= 0.3 is 0 Å². The van der Waals surface area contributed by atoms with Crippen molar-refractivity contribution in [2.45, 2.75) is 45.2 Å². The molecule has 0 radical (unpaired) electrons. The zero-order valence-corrected chi connectivity index (χ0v) is 9.23. The van der Waals surface area contributed by atoms with Gasteiger partial charge < -0.3 is 5.32 Å². The molecule has 2 atom stereocenters. The van der Waals surface area contributed by atoms with Crippen LogP contribution in [0, 0.1) is 0 Å². The van der Waals surface area contributed by atoms with Gasteiger partial charge in [0, 0.05) is 12.1 Å². The molecule has 0 bridgehead atoms. The zero-order valence-electron chi connectivity index (χ0n) is 8.41. The summed E-state index contributed by atoms with van der Waals surface area (Å²) < 4.78 is 22.9. The fourth-order valence-corrected chi connectivity index (χ4v) is 3.82. The molecule has 1 rings (SSSR count). The number of hydrogen-bond donors (Lipinski definition) is 1. The van der Waals surface area contributed by atoms with Crippen LogP contribution in [-0.4, -0.2) is 32.0 Å². The van der Waals surface area contributed by atoms with E-state index in [1.54, 1.807) is 0 Å². The van der Waals surface area contributed by atoms with Crippen LogP contribution in [0.25, 0.3) is 0 Å². The first-order chi connectivity index (χ1) is 6.07. The van der Waals surface area contributed by atoms with Gasteiger partial charge in [-0.15, -0.1) is 0 Å². The van der Waals surface area contributed by atoms with Gasteiger partial charge in [0.15, 0.2) is 9.84 Å². The minimum absolute atomic E-state index is 0.176. The van der Waals surface area contributed by atoms with E-state index >= 15 is 0 Å². The maximum atomic E-state index is 11.5. The smallest absolute Gasteiger partial charge is 0.153 e. The van der Waals surface area contributed by atoms with E-state index in [-0.39, 0.29) is 12.1 Å². The van der Waals surface area contributed by atoms with Crippen LogP contribution in [0.3, 0.4) is 0 Å². The summed E-state index contributed by atoms with van der Waals surface area (Å²) in [6, 6.07) is 0.365. The number of rotatable bonds is 3. The summed E-state index contributed by atoms with van der Waals surface area (Å²) in [4.78, 5) is 0. The summed E-state index contributed by atoms with van der Waals surface area (Å²) in [5, 5.41) is 3.38. The summed E-state index contributed by atoms with van der Waals surface area (Å²) in [6.07, 6.45) is 2.92. The van der Waals surface area contributed by atoms with Crippen molar-refractivity contribution in [3.05, 3.63) is 0 Å². The van der Waals surface area contributed by atoms with E-state index in [9.17, 15) is 8.42 Å². The molecule has 0 saturated carbocycles. The van der Waals surface area contributed by atoms with Crippen LogP contribution < -0.4 is 5.32 Å². The van der Waals surface area contributed by atoms with Crippen LogP contribution in [0.15, 0.2) is 0 Å². The molecule has 1 heterocycles. The van der Waals surface area contributed by atoms with E-state index in [2.05, 4.69) is 12.2 Å². The lowest BCUT2D eigenvalue weighted by atomic mass is 10.1. The van der Waals surface area contributed by atoms with Crippen molar-refractivity contribution in [2.75, 3.05) is 11.5 Å². The van der Waals surface area contributed by atoms with E-state index in [0.717, 1.165) is 19.3 Å². The molecule has 0 aromatic carbocycles. The predicted octanol–water partition coefficient (Wildman–Crippen LogP) is 0.952. The van der Waals surface area contributed by atoms with E-state index in [1.165, 1.54) is 0 Å². The first kappa shape index (κ1) is 11.0. The molecule has 4 heteroatoms. The van der Waals surface area contributed by atoms with Crippen molar-refractivity contribution >= 4 is 9.84 Å². The third-order valence-corrected chi connectivity index (χ3v) is 4.33. The Morgan fingerprint density at radius 2 is 1.85 bits per heavy atom. The van der Waals surface area contributed by atoms with Crippen LogP contribution >= 0.6 is 0 Å². The Labute approximate surface area is 80.8 Å². The molecule has 1 aliphatic heterocycles. The fraction of sp³-hybridized carbons (Fsp3) is 1.00. The molecule has 0 amide bonds. The lowest BCUT2D eigenvalue weighted by Crippen LogP contribution is -2.51. The van der Waals surface area contributed by atoms with E-state index < -0.39 is 9.84 Å². The molecule has 2 unspecified atom stereocenters. The highest BCUT2D eigenvalue weighted by atomic mass is 32.2. The predicted molar refractivity (Wildman–Crippen MR) is 54.6 cm³/mol. The Morgan fingerprint density at radius 1 is 1.23 bits per heavy atom. The SMILES string of the molecule is CCCC1CS(=O)(=O)CC(CC)N1. The van der Waals surface area contributed by atoms with Crippen LogP contribution in [0.1, 0.15) is 33.1 Å². The molecule has 0 aliphatic carbocycles. The van der Waals surface area contributed by atoms with Crippen LogP contribution in [-0.2, 0) is 9.84 Å². The molecule has 1 saturated heterocycles. The second kappa shape index (κ2) is 4.42. The second-order valence-electron chi connectivity index (χ2n) is 3.83. The monoisotopic (exact) mass is 205 g/mol. The Morgan fingerprint density at radius 3 is 2.38 bits per heavy atom. The Hall–Kier alpha value is -0.0900. The van der Waals surface area contributed by atoms with E-state index in [0.29, 0.717) is 11.5 Å². The van der Waals surface area contributed by atoms with Crippen molar-refractivity contribution in [2.24, 2.45) is 0 Å². The summed E-state index contributed by atoms with van der Waals surface area (Å²) in [5.74, 6) is 0.654. The minimum atomic E-state index is -2.78. The molecule has 0 aromatic heterocycles. The lowest BCUT2D eigenvalue weighted by Gasteiger charge is -2.30.